The molecule has 0 aliphatic carbocycles. The fourth-order valence-electron chi connectivity index (χ4n) is 10.8. The molecule has 6 aliphatic rings. The summed E-state index contributed by atoms with van der Waals surface area (Å²) in [6, 6.07) is 14.0. The number of benzene rings is 2. The predicted molar refractivity (Wildman–Crippen MR) is 221 cm³/mol. The van der Waals surface area contributed by atoms with E-state index in [0.29, 0.717) is 52.8 Å². The molecule has 302 valence electrons. The summed E-state index contributed by atoms with van der Waals surface area (Å²) in [6.07, 6.45) is 7.38. The third kappa shape index (κ3) is 6.99. The van der Waals surface area contributed by atoms with Crippen molar-refractivity contribution in [3.05, 3.63) is 58.6 Å². The van der Waals surface area contributed by atoms with Crippen molar-refractivity contribution in [3.8, 4) is 17.0 Å². The number of para-hydroxylation sites is 1. The average Bonchev–Trinajstić information content (AvgIpc) is 3.78. The molecule has 3 atom stereocenters. The van der Waals surface area contributed by atoms with Gasteiger partial charge in [-0.25, -0.2) is 0 Å². The summed E-state index contributed by atoms with van der Waals surface area (Å²) in [5.74, 6) is 0.734. The van der Waals surface area contributed by atoms with E-state index in [2.05, 4.69) is 66.4 Å². The molecule has 3 aromatic rings. The van der Waals surface area contributed by atoms with Gasteiger partial charge in [0.2, 0.25) is 11.8 Å². The number of imide groups is 1. The quantitative estimate of drug-likeness (QED) is 0.249. The number of aromatic hydroxyl groups is 1. The highest BCUT2D eigenvalue weighted by Gasteiger charge is 2.50. The van der Waals surface area contributed by atoms with Crippen LogP contribution in [0.25, 0.3) is 11.3 Å². The summed E-state index contributed by atoms with van der Waals surface area (Å²) in [7, 11) is 0. The van der Waals surface area contributed by atoms with E-state index in [1.165, 1.54) is 12.8 Å². The highest BCUT2D eigenvalue weighted by molar-refractivity contribution is 6.32. The fourth-order valence-corrected chi connectivity index (χ4v) is 10.9. The van der Waals surface area contributed by atoms with Gasteiger partial charge in [-0.2, -0.15) is 0 Å². The molecular weight excluding hydrogens is 742 g/mol. The molecule has 0 radical (unpaired) electrons. The summed E-state index contributed by atoms with van der Waals surface area (Å²) in [5, 5.41) is 26.0. The fraction of sp³-hybridized carbons (Fsp3) is 0.558. The van der Waals surface area contributed by atoms with Crippen molar-refractivity contribution < 1.29 is 19.5 Å². The third-order valence-corrected chi connectivity index (χ3v) is 14.3. The van der Waals surface area contributed by atoms with Crippen LogP contribution in [0.3, 0.4) is 0 Å². The second kappa shape index (κ2) is 15.4. The van der Waals surface area contributed by atoms with Gasteiger partial charge < -0.3 is 30.0 Å². The Kier molecular flexibility index (Phi) is 10.3. The van der Waals surface area contributed by atoms with Crippen LogP contribution in [0.15, 0.2) is 42.5 Å². The summed E-state index contributed by atoms with van der Waals surface area (Å²) < 4.78 is 0. The molecule has 0 unspecified atom stereocenters. The molecule has 0 bridgehead atoms. The number of piperidine rings is 3. The highest BCUT2D eigenvalue weighted by Crippen LogP contribution is 2.46. The molecule has 2 aromatic carbocycles. The molecule has 13 nitrogen and oxygen atoms in total. The molecule has 3 amide bonds. The number of carbonyl (C=O) groups excluding carboxylic acids is 3. The molecule has 4 saturated heterocycles. The molecule has 57 heavy (non-hydrogen) atoms. The van der Waals surface area contributed by atoms with Gasteiger partial charge in [0.25, 0.3) is 5.91 Å². The Morgan fingerprint density at radius 1 is 0.947 bits per heavy atom. The topological polar surface area (TPSA) is 137 Å². The van der Waals surface area contributed by atoms with Gasteiger partial charge in [-0.1, -0.05) is 37.6 Å². The predicted octanol–water partition coefficient (Wildman–Crippen LogP) is 5.12. The van der Waals surface area contributed by atoms with Crippen molar-refractivity contribution in [2.24, 2.45) is 5.92 Å². The molecule has 9 rings (SSSR count). The number of carbonyl (C=O) groups is 3. The van der Waals surface area contributed by atoms with Crippen LogP contribution >= 0.6 is 11.6 Å². The Hall–Kier alpha value is -4.46. The molecule has 1 aromatic heterocycles. The molecule has 0 saturated carbocycles. The maximum absolute atomic E-state index is 13.4. The van der Waals surface area contributed by atoms with Crippen LogP contribution in [-0.4, -0.2) is 124 Å². The number of fused-ring (bicyclic) bond motifs is 4. The van der Waals surface area contributed by atoms with Crippen molar-refractivity contribution in [2.75, 3.05) is 67.5 Å². The minimum absolute atomic E-state index is 0.0111. The Labute approximate surface area is 339 Å². The minimum atomic E-state index is -0.589. The van der Waals surface area contributed by atoms with E-state index in [4.69, 9.17) is 11.6 Å². The van der Waals surface area contributed by atoms with Crippen LogP contribution in [0, 0.1) is 5.92 Å². The lowest BCUT2D eigenvalue weighted by atomic mass is 9.88. The van der Waals surface area contributed by atoms with Crippen LogP contribution in [-0.2, 0) is 16.1 Å². The van der Waals surface area contributed by atoms with Crippen LogP contribution in [0.1, 0.15) is 81.1 Å². The molecule has 3 N–H and O–H groups in total. The van der Waals surface area contributed by atoms with Crippen LogP contribution < -0.4 is 20.4 Å². The number of rotatable bonds is 9. The second-order valence-electron chi connectivity index (χ2n) is 17.0. The number of likely N-dealkylation sites (tertiary alicyclic amines) is 1. The monoisotopic (exact) mass is 795 g/mol. The third-order valence-electron chi connectivity index (χ3n) is 14.0. The molecule has 14 heteroatoms. The highest BCUT2D eigenvalue weighted by atomic mass is 35.5. The van der Waals surface area contributed by atoms with Gasteiger partial charge in [0.05, 0.1) is 21.9 Å². The first-order valence-corrected chi connectivity index (χ1v) is 21.4. The minimum Gasteiger partial charge on any atom is -0.506 e. The van der Waals surface area contributed by atoms with E-state index >= 15 is 0 Å². The van der Waals surface area contributed by atoms with Gasteiger partial charge in [0.1, 0.15) is 11.8 Å². The van der Waals surface area contributed by atoms with Crippen LogP contribution in [0.5, 0.6) is 5.75 Å². The summed E-state index contributed by atoms with van der Waals surface area (Å²) in [5.41, 5.74) is 4.96. The number of likely N-dealkylation sites (N-methyl/N-ethyl adjacent to an activating group) is 1. The number of phenolic OH excluding ortho intramolecular Hbond substituents is 1. The van der Waals surface area contributed by atoms with E-state index < -0.39 is 6.04 Å². The zero-order chi connectivity index (χ0) is 39.4. The van der Waals surface area contributed by atoms with Gasteiger partial charge in [0.15, 0.2) is 5.82 Å². The number of amides is 3. The van der Waals surface area contributed by atoms with E-state index in [0.717, 1.165) is 101 Å². The first kappa shape index (κ1) is 38.1. The van der Waals surface area contributed by atoms with Gasteiger partial charge in [-0.05, 0) is 106 Å². The van der Waals surface area contributed by atoms with E-state index in [1.54, 1.807) is 11.0 Å². The van der Waals surface area contributed by atoms with Crippen molar-refractivity contribution in [3.63, 3.8) is 0 Å². The van der Waals surface area contributed by atoms with Crippen LogP contribution in [0.4, 0.5) is 17.2 Å². The summed E-state index contributed by atoms with van der Waals surface area (Å²) in [6.45, 7) is 13.2. The number of phenols is 1. The molecule has 7 heterocycles. The van der Waals surface area contributed by atoms with Gasteiger partial charge in [-0.3, -0.25) is 24.6 Å². The van der Waals surface area contributed by atoms with Crippen molar-refractivity contribution >= 4 is 46.5 Å². The van der Waals surface area contributed by atoms with E-state index in [-0.39, 0.29) is 35.4 Å². The summed E-state index contributed by atoms with van der Waals surface area (Å²) >= 11 is 6.26. The zero-order valence-corrected chi connectivity index (χ0v) is 33.8. The van der Waals surface area contributed by atoms with Crippen molar-refractivity contribution in [2.45, 2.75) is 95.4 Å². The maximum Gasteiger partial charge on any atom is 0.255 e. The number of nitrogens with one attached hydrogen (secondary N) is 2. The molecule has 4 fully saturated rings. The number of aromatic nitrogens is 2. The Morgan fingerprint density at radius 2 is 1.75 bits per heavy atom. The Balaban J connectivity index is 0.785. The van der Waals surface area contributed by atoms with Gasteiger partial charge in [-0.15, -0.1) is 10.2 Å². The number of halogens is 1. The number of nitrogens with zero attached hydrogens (tertiary/aromatic N) is 7. The van der Waals surface area contributed by atoms with Crippen LogP contribution in [0.2, 0.25) is 5.02 Å². The first-order chi connectivity index (χ1) is 27.6. The number of hydrogen-bond donors (Lipinski definition) is 3. The van der Waals surface area contributed by atoms with E-state index in [9.17, 15) is 19.5 Å². The smallest absolute Gasteiger partial charge is 0.255 e. The Bertz CT molecular complexity index is 2050. The zero-order valence-electron chi connectivity index (χ0n) is 33.1. The number of anilines is 3. The largest absolute Gasteiger partial charge is 0.506 e. The second-order valence-corrected chi connectivity index (χ2v) is 17.4. The summed E-state index contributed by atoms with van der Waals surface area (Å²) in [4.78, 5) is 49.7. The van der Waals surface area contributed by atoms with Gasteiger partial charge >= 0.3 is 0 Å². The Morgan fingerprint density at radius 3 is 2.51 bits per heavy atom. The lowest BCUT2D eigenvalue weighted by Crippen LogP contribution is -2.52. The van der Waals surface area contributed by atoms with Crippen molar-refractivity contribution in [1.29, 1.82) is 0 Å². The standard InChI is InChI=1S/C43H54ClN9O4/c1-3-43-22-31(25-53(43)37-21-35(47-48-40(37)45-26-43)32-6-5-7-34(44)39(32)55)51(4-2)29-14-16-49(17-15-29)23-27-12-18-50(19-13-27)30-9-8-28-24-52(42(57)33(28)20-30)36-10-11-38(54)46-41(36)56/h5-9,20-21,27,29,31,36,55H,3-4,10-19,22-26H2,1-2H3,(H,45,48)(H,46,54,56)/t31-,36+,43-/m1/s1. The maximum atomic E-state index is 13.4. The SMILES string of the molecule is CCN(C1CCN(CC2CCN(c3ccc4c(c3)C(=O)N([C@H]3CCC(=O)NC3=O)C4)CC2)CC1)[C@H]1CN2c3cc(-c4cccc(Cl)c4O)nnc3NC[C@@]2(CC)C1. The molecule has 0 spiro atoms. The first-order valence-electron chi connectivity index (χ1n) is 21.0. The lowest BCUT2D eigenvalue weighted by Gasteiger charge is -2.44. The average molecular weight is 796 g/mol. The van der Waals surface area contributed by atoms with Crippen molar-refractivity contribution in [1.82, 2.24) is 30.2 Å². The lowest BCUT2D eigenvalue weighted by molar-refractivity contribution is -0.136. The normalized spacial score (nSPS) is 25.8. The van der Waals surface area contributed by atoms with Gasteiger partial charge in [0, 0.05) is 74.6 Å². The molecule has 6 aliphatic heterocycles. The number of hydrogen-bond acceptors (Lipinski definition) is 11. The molecular formula is C43H54ClN9O4. The van der Waals surface area contributed by atoms with E-state index in [1.807, 2.05) is 24.3 Å².